The van der Waals surface area contributed by atoms with Gasteiger partial charge < -0.3 is 14.5 Å². The molecule has 4 nitrogen and oxygen atoms in total. The highest BCUT2D eigenvalue weighted by Gasteiger charge is 2.24. The first-order valence-corrected chi connectivity index (χ1v) is 7.54. The van der Waals surface area contributed by atoms with Crippen LogP contribution in [-0.2, 0) is 16.0 Å². The Morgan fingerprint density at radius 2 is 2.35 bits per heavy atom. The second-order valence-corrected chi connectivity index (χ2v) is 6.14. The molecule has 0 unspecified atom stereocenters. The zero-order valence-electron chi connectivity index (χ0n) is 10.9. The van der Waals surface area contributed by atoms with E-state index in [1.807, 2.05) is 18.2 Å². The number of benzene rings is 1. The van der Waals surface area contributed by atoms with E-state index in [9.17, 15) is 4.79 Å². The maximum Gasteiger partial charge on any atom is 0.344 e. The Hall–Kier alpha value is -1.66. The van der Waals surface area contributed by atoms with Crippen LogP contribution in [0.15, 0.2) is 18.2 Å². The van der Waals surface area contributed by atoms with Crippen LogP contribution in [-0.4, -0.2) is 24.2 Å². The molecular weight excluding hydrogens is 294 g/mol. The van der Waals surface area contributed by atoms with E-state index in [1.165, 1.54) is 4.88 Å². The molecule has 0 atom stereocenters. The highest BCUT2D eigenvalue weighted by Crippen LogP contribution is 2.42. The van der Waals surface area contributed by atoms with Gasteiger partial charge >= 0.3 is 5.97 Å². The normalized spacial score (nSPS) is 11.8. The van der Waals surface area contributed by atoms with Crippen molar-refractivity contribution in [1.29, 1.82) is 0 Å². The van der Waals surface area contributed by atoms with E-state index >= 15 is 0 Å². The zero-order chi connectivity index (χ0) is 14.1. The summed E-state index contributed by atoms with van der Waals surface area (Å²) in [5.74, 6) is 0.385. The van der Waals surface area contributed by atoms with E-state index in [4.69, 9.17) is 21.7 Å². The summed E-state index contributed by atoms with van der Waals surface area (Å²) in [6.07, 6.45) is 0.793. The molecule has 104 valence electrons. The predicted molar refractivity (Wildman–Crippen MR) is 79.9 cm³/mol. The molecule has 1 aliphatic rings. The monoisotopic (exact) mass is 307 g/mol. The second kappa shape index (κ2) is 5.38. The summed E-state index contributed by atoms with van der Waals surface area (Å²) in [6, 6.07) is 5.84. The van der Waals surface area contributed by atoms with E-state index in [0.717, 1.165) is 32.9 Å². The fourth-order valence-corrected chi connectivity index (χ4v) is 3.58. The Morgan fingerprint density at radius 1 is 1.50 bits per heavy atom. The lowest BCUT2D eigenvalue weighted by Gasteiger charge is -2.10. The lowest BCUT2D eigenvalue weighted by atomic mass is 10.1. The molecule has 1 heterocycles. The minimum Gasteiger partial charge on any atom is -0.482 e. The van der Waals surface area contributed by atoms with Crippen molar-refractivity contribution in [3.8, 4) is 17.0 Å². The van der Waals surface area contributed by atoms with E-state index in [0.29, 0.717) is 6.61 Å². The minimum absolute atomic E-state index is 0.0616. The molecule has 0 fully saturated rings. The Balaban J connectivity index is 1.85. The van der Waals surface area contributed by atoms with Gasteiger partial charge in [0, 0.05) is 22.4 Å². The lowest BCUT2D eigenvalue weighted by Crippen LogP contribution is -2.15. The minimum atomic E-state index is -0.350. The molecule has 0 saturated carbocycles. The number of nitrogens with one attached hydrogen (secondary N) is 1. The highest BCUT2D eigenvalue weighted by atomic mass is 32.1. The van der Waals surface area contributed by atoms with Gasteiger partial charge in [-0.05, 0) is 25.2 Å². The summed E-state index contributed by atoms with van der Waals surface area (Å²) in [5.41, 5.74) is 3.29. The molecule has 0 bridgehead atoms. The van der Waals surface area contributed by atoms with Crippen LogP contribution < -0.4 is 4.74 Å². The molecule has 0 radical (unpaired) electrons. The number of fused-ring (bicyclic) bond motifs is 3. The molecule has 3 rings (SSSR count). The van der Waals surface area contributed by atoms with Crippen LogP contribution >= 0.6 is 23.6 Å². The molecule has 6 heteroatoms. The number of aromatic nitrogens is 1. The maximum absolute atomic E-state index is 11.4. The number of carbonyl (C=O) groups excluding carboxylic acids is 1. The average Bonchev–Trinajstić information content (AvgIpc) is 2.93. The first kappa shape index (κ1) is 13.3. The van der Waals surface area contributed by atoms with Crippen molar-refractivity contribution in [2.24, 2.45) is 0 Å². The average molecular weight is 307 g/mol. The van der Waals surface area contributed by atoms with E-state index in [1.54, 1.807) is 18.3 Å². The lowest BCUT2D eigenvalue weighted by molar-refractivity contribution is -0.145. The van der Waals surface area contributed by atoms with E-state index < -0.39 is 0 Å². The van der Waals surface area contributed by atoms with E-state index in [-0.39, 0.29) is 12.6 Å². The van der Waals surface area contributed by atoms with Crippen LogP contribution in [0.2, 0.25) is 0 Å². The van der Waals surface area contributed by atoms with Crippen molar-refractivity contribution in [1.82, 2.24) is 4.98 Å². The Kier molecular flexibility index (Phi) is 3.58. The molecule has 2 aromatic rings. The third kappa shape index (κ3) is 2.36. The summed E-state index contributed by atoms with van der Waals surface area (Å²) < 4.78 is 11.2. The first-order chi connectivity index (χ1) is 9.69. The summed E-state index contributed by atoms with van der Waals surface area (Å²) in [6.45, 7) is 2.08. The van der Waals surface area contributed by atoms with Gasteiger partial charge in [0.2, 0.25) is 0 Å². The number of carbonyl (C=O) groups is 1. The molecule has 1 aromatic carbocycles. The van der Waals surface area contributed by atoms with E-state index in [2.05, 4.69) is 4.98 Å². The number of hydrogen-bond acceptors (Lipinski definition) is 5. The summed E-state index contributed by atoms with van der Waals surface area (Å²) in [4.78, 5) is 15.8. The summed E-state index contributed by atoms with van der Waals surface area (Å²) >= 11 is 6.75. The van der Waals surface area contributed by atoms with Gasteiger partial charge in [-0.3, -0.25) is 0 Å². The largest absolute Gasteiger partial charge is 0.482 e. The third-order valence-corrected chi connectivity index (χ3v) is 4.35. The number of aromatic amines is 1. The molecular formula is C14H13NO3S2. The SMILES string of the molecule is CCOC(=O)COc1cccc2c1Cc1sc(=S)[nH]c1-2. The van der Waals surface area contributed by atoms with Crippen molar-refractivity contribution < 1.29 is 14.3 Å². The van der Waals surface area contributed by atoms with Gasteiger partial charge in [0.15, 0.2) is 10.6 Å². The van der Waals surface area contributed by atoms with Gasteiger partial charge in [-0.25, -0.2) is 4.79 Å². The standard InChI is InChI=1S/C14H13NO3S2/c1-2-17-12(16)7-18-10-5-3-4-8-9(10)6-11-13(8)15-14(19)20-11/h3-5H,2,6-7H2,1H3,(H,15,19). The number of esters is 1. The smallest absolute Gasteiger partial charge is 0.344 e. The maximum atomic E-state index is 11.4. The molecule has 0 spiro atoms. The van der Waals surface area contributed by atoms with Gasteiger partial charge in [0.05, 0.1) is 12.3 Å². The van der Waals surface area contributed by atoms with Crippen molar-refractivity contribution in [3.63, 3.8) is 0 Å². The number of hydrogen-bond donors (Lipinski definition) is 1. The summed E-state index contributed by atoms with van der Waals surface area (Å²) in [5, 5.41) is 0. The van der Waals surface area contributed by atoms with Gasteiger partial charge in [0.1, 0.15) is 5.75 Å². The zero-order valence-corrected chi connectivity index (χ0v) is 12.5. The first-order valence-electron chi connectivity index (χ1n) is 6.31. The quantitative estimate of drug-likeness (QED) is 0.593. The van der Waals surface area contributed by atoms with Gasteiger partial charge in [-0.15, -0.1) is 11.3 Å². The third-order valence-electron chi connectivity index (χ3n) is 3.11. The predicted octanol–water partition coefficient (Wildman–Crippen LogP) is 3.32. The molecule has 0 saturated heterocycles. The number of ether oxygens (including phenoxy) is 2. The van der Waals surface area contributed by atoms with Gasteiger partial charge in [0.25, 0.3) is 0 Å². The molecule has 1 aromatic heterocycles. The fourth-order valence-electron chi connectivity index (χ4n) is 2.32. The van der Waals surface area contributed by atoms with Gasteiger partial charge in [-0.2, -0.15) is 0 Å². The molecule has 1 N–H and O–H groups in total. The van der Waals surface area contributed by atoms with Crippen molar-refractivity contribution >= 4 is 29.5 Å². The van der Waals surface area contributed by atoms with Crippen molar-refractivity contribution in [2.45, 2.75) is 13.3 Å². The Bertz CT molecular complexity index is 717. The van der Waals surface area contributed by atoms with Crippen molar-refractivity contribution in [2.75, 3.05) is 13.2 Å². The van der Waals surface area contributed by atoms with Gasteiger partial charge in [-0.1, -0.05) is 12.1 Å². The van der Waals surface area contributed by atoms with Crippen LogP contribution in [0.4, 0.5) is 0 Å². The molecule has 20 heavy (non-hydrogen) atoms. The number of H-pyrrole nitrogens is 1. The molecule has 0 amide bonds. The molecule has 0 aliphatic heterocycles. The Morgan fingerprint density at radius 3 is 3.15 bits per heavy atom. The van der Waals surface area contributed by atoms with Crippen LogP contribution in [0, 0.1) is 3.95 Å². The number of rotatable bonds is 4. The van der Waals surface area contributed by atoms with Crippen LogP contribution in [0.3, 0.4) is 0 Å². The van der Waals surface area contributed by atoms with Crippen LogP contribution in [0.1, 0.15) is 17.4 Å². The second-order valence-electron chi connectivity index (χ2n) is 4.37. The highest BCUT2D eigenvalue weighted by molar-refractivity contribution is 7.73. The van der Waals surface area contributed by atoms with Crippen LogP contribution in [0.25, 0.3) is 11.3 Å². The number of thiazole rings is 1. The molecule has 1 aliphatic carbocycles. The topological polar surface area (TPSA) is 51.3 Å². The fraction of sp³-hybridized carbons (Fsp3) is 0.286. The Labute approximate surface area is 125 Å². The van der Waals surface area contributed by atoms with Crippen molar-refractivity contribution in [3.05, 3.63) is 32.6 Å². The summed E-state index contributed by atoms with van der Waals surface area (Å²) in [7, 11) is 0. The van der Waals surface area contributed by atoms with Crippen LogP contribution in [0.5, 0.6) is 5.75 Å².